The van der Waals surface area contributed by atoms with Crippen LogP contribution in [-0.2, 0) is 0 Å². The first-order valence-corrected chi connectivity index (χ1v) is 8.36. The largest absolute Gasteiger partial charge is 0.494 e. The maximum atomic E-state index is 13.6. The van der Waals surface area contributed by atoms with E-state index in [1.165, 1.54) is 19.2 Å². The first kappa shape index (κ1) is 17.5. The Morgan fingerprint density at radius 2 is 1.93 bits per heavy atom. The van der Waals surface area contributed by atoms with Crippen LogP contribution in [0.2, 0.25) is 0 Å². The number of anilines is 4. The lowest BCUT2D eigenvalue weighted by molar-refractivity contribution is 0.387. The Bertz CT molecular complexity index is 1220. The van der Waals surface area contributed by atoms with Crippen LogP contribution in [0.25, 0.3) is 11.1 Å². The Hall–Kier alpha value is -3.88. The number of aromatic amines is 1. The molecule has 0 unspecified atom stereocenters. The molecule has 2 heterocycles. The van der Waals surface area contributed by atoms with E-state index in [2.05, 4.69) is 25.6 Å². The number of rotatable bonds is 5. The molecule has 0 bridgehead atoms. The second kappa shape index (κ2) is 7.03. The summed E-state index contributed by atoms with van der Waals surface area (Å²) in [5.74, 6) is 0.0775. The molecule has 142 valence electrons. The van der Waals surface area contributed by atoms with Gasteiger partial charge in [-0.15, -0.1) is 0 Å². The molecule has 2 aromatic heterocycles. The summed E-state index contributed by atoms with van der Waals surface area (Å²) in [6.45, 7) is 1.87. The van der Waals surface area contributed by atoms with Crippen LogP contribution in [0.15, 0.2) is 51.8 Å². The van der Waals surface area contributed by atoms with E-state index in [9.17, 15) is 9.18 Å². The molecule has 9 heteroatoms. The SMILES string of the molecule is COc1cc(Nc2ncc(C)c(Nc3ccc4oc(=O)[nH]c4c3)n2)ccc1F. The van der Waals surface area contributed by atoms with Crippen LogP contribution in [0, 0.1) is 12.7 Å². The van der Waals surface area contributed by atoms with Crippen LogP contribution < -0.4 is 21.1 Å². The molecule has 0 fully saturated rings. The number of nitrogens with zero attached hydrogens (tertiary/aromatic N) is 2. The van der Waals surface area contributed by atoms with Crippen molar-refractivity contribution in [1.29, 1.82) is 0 Å². The smallest absolute Gasteiger partial charge is 0.417 e. The van der Waals surface area contributed by atoms with Crippen LogP contribution in [0.4, 0.5) is 27.5 Å². The fraction of sp³-hybridized carbons (Fsp3) is 0.105. The third-order valence-corrected chi connectivity index (χ3v) is 4.06. The van der Waals surface area contributed by atoms with Gasteiger partial charge in [-0.25, -0.2) is 14.2 Å². The standard InChI is InChI=1S/C19H16FN5O3/c1-10-9-21-18(23-12-3-5-13(20)16(8-12)27-2)25-17(10)22-11-4-6-15-14(7-11)24-19(26)28-15/h3-9H,1-2H3,(H,24,26)(H2,21,22,23,25). The molecule has 0 saturated heterocycles. The number of ether oxygens (including phenoxy) is 1. The summed E-state index contributed by atoms with van der Waals surface area (Å²) in [7, 11) is 1.40. The highest BCUT2D eigenvalue weighted by Crippen LogP contribution is 2.25. The molecule has 0 aliphatic heterocycles. The van der Waals surface area contributed by atoms with Crippen LogP contribution in [0.3, 0.4) is 0 Å². The van der Waals surface area contributed by atoms with Gasteiger partial charge in [0.25, 0.3) is 0 Å². The number of aryl methyl sites for hydroxylation is 1. The summed E-state index contributed by atoms with van der Waals surface area (Å²) in [4.78, 5) is 22.6. The zero-order valence-electron chi connectivity index (χ0n) is 15.0. The van der Waals surface area contributed by atoms with Crippen LogP contribution in [0.1, 0.15) is 5.56 Å². The predicted octanol–water partition coefficient (Wildman–Crippen LogP) is 3.85. The Kier molecular flexibility index (Phi) is 4.40. The Morgan fingerprint density at radius 1 is 1.14 bits per heavy atom. The van der Waals surface area contributed by atoms with Crippen molar-refractivity contribution in [2.45, 2.75) is 6.92 Å². The average molecular weight is 381 g/mol. The maximum Gasteiger partial charge on any atom is 0.417 e. The van der Waals surface area contributed by atoms with E-state index in [0.29, 0.717) is 28.6 Å². The van der Waals surface area contributed by atoms with Gasteiger partial charge in [-0.3, -0.25) is 4.98 Å². The van der Waals surface area contributed by atoms with E-state index in [-0.39, 0.29) is 5.75 Å². The van der Waals surface area contributed by atoms with E-state index >= 15 is 0 Å². The third-order valence-electron chi connectivity index (χ3n) is 4.06. The second-order valence-corrected chi connectivity index (χ2v) is 6.05. The van der Waals surface area contributed by atoms with E-state index in [1.807, 2.05) is 6.92 Å². The fourth-order valence-corrected chi connectivity index (χ4v) is 2.66. The van der Waals surface area contributed by atoms with Crippen molar-refractivity contribution in [2.75, 3.05) is 17.7 Å². The molecule has 0 spiro atoms. The molecule has 0 aliphatic rings. The number of aromatic nitrogens is 3. The molecule has 4 rings (SSSR count). The Labute approximate surface area is 158 Å². The molecular formula is C19H16FN5O3. The molecule has 0 aliphatic carbocycles. The van der Waals surface area contributed by atoms with Gasteiger partial charge in [-0.1, -0.05) is 0 Å². The van der Waals surface area contributed by atoms with Crippen molar-refractivity contribution in [2.24, 2.45) is 0 Å². The van der Waals surface area contributed by atoms with Gasteiger partial charge in [0.1, 0.15) is 5.82 Å². The van der Waals surface area contributed by atoms with Crippen molar-refractivity contribution in [3.8, 4) is 5.75 Å². The minimum absolute atomic E-state index is 0.123. The van der Waals surface area contributed by atoms with E-state index in [4.69, 9.17) is 9.15 Å². The summed E-state index contributed by atoms with van der Waals surface area (Å²) in [5, 5.41) is 6.21. The van der Waals surface area contributed by atoms with Crippen LogP contribution >= 0.6 is 0 Å². The van der Waals surface area contributed by atoms with E-state index in [1.54, 1.807) is 30.5 Å². The number of methoxy groups -OCH3 is 1. The number of fused-ring (bicyclic) bond motifs is 1. The molecule has 3 N–H and O–H groups in total. The maximum absolute atomic E-state index is 13.6. The molecule has 0 saturated carbocycles. The number of hydrogen-bond acceptors (Lipinski definition) is 7. The van der Waals surface area contributed by atoms with E-state index < -0.39 is 11.6 Å². The number of halogens is 1. The summed E-state index contributed by atoms with van der Waals surface area (Å²) >= 11 is 0. The van der Waals surface area contributed by atoms with Crippen molar-refractivity contribution in [1.82, 2.24) is 15.0 Å². The topological polar surface area (TPSA) is 105 Å². The lowest BCUT2D eigenvalue weighted by Crippen LogP contribution is -2.03. The van der Waals surface area contributed by atoms with Crippen LogP contribution in [-0.4, -0.2) is 22.1 Å². The summed E-state index contributed by atoms with van der Waals surface area (Å²) in [6, 6.07) is 9.61. The van der Waals surface area contributed by atoms with Gasteiger partial charge in [0.15, 0.2) is 17.1 Å². The van der Waals surface area contributed by atoms with Gasteiger partial charge in [0, 0.05) is 29.2 Å². The highest BCUT2D eigenvalue weighted by molar-refractivity contribution is 5.78. The lowest BCUT2D eigenvalue weighted by atomic mass is 10.2. The highest BCUT2D eigenvalue weighted by Gasteiger charge is 2.09. The number of nitrogens with one attached hydrogen (secondary N) is 3. The van der Waals surface area contributed by atoms with Crippen molar-refractivity contribution in [3.05, 3.63) is 64.5 Å². The third kappa shape index (κ3) is 3.50. The molecular weight excluding hydrogens is 365 g/mol. The van der Waals surface area contributed by atoms with Gasteiger partial charge < -0.3 is 19.8 Å². The van der Waals surface area contributed by atoms with Gasteiger partial charge in [0.2, 0.25) is 5.95 Å². The fourth-order valence-electron chi connectivity index (χ4n) is 2.66. The molecule has 0 radical (unpaired) electrons. The molecule has 0 atom stereocenters. The van der Waals surface area contributed by atoms with Crippen molar-refractivity contribution in [3.63, 3.8) is 0 Å². The average Bonchev–Trinajstić information content (AvgIpc) is 3.05. The van der Waals surface area contributed by atoms with Gasteiger partial charge in [0.05, 0.1) is 12.6 Å². The Morgan fingerprint density at radius 3 is 2.75 bits per heavy atom. The van der Waals surface area contributed by atoms with Crippen molar-refractivity contribution >= 4 is 34.2 Å². The van der Waals surface area contributed by atoms with Crippen LogP contribution in [0.5, 0.6) is 5.75 Å². The number of oxazole rings is 1. The molecule has 28 heavy (non-hydrogen) atoms. The highest BCUT2D eigenvalue weighted by atomic mass is 19.1. The second-order valence-electron chi connectivity index (χ2n) is 6.05. The Balaban J connectivity index is 1.60. The summed E-state index contributed by atoms with van der Waals surface area (Å²) in [6.07, 6.45) is 1.66. The normalized spacial score (nSPS) is 10.8. The molecule has 8 nitrogen and oxygen atoms in total. The first-order chi connectivity index (χ1) is 13.5. The van der Waals surface area contributed by atoms with Gasteiger partial charge in [-0.05, 0) is 37.3 Å². The number of H-pyrrole nitrogens is 1. The quantitative estimate of drug-likeness (QED) is 0.482. The minimum atomic E-state index is -0.508. The summed E-state index contributed by atoms with van der Waals surface area (Å²) < 4.78 is 23.5. The molecule has 2 aromatic carbocycles. The summed E-state index contributed by atoms with van der Waals surface area (Å²) in [5.41, 5.74) is 3.19. The monoisotopic (exact) mass is 381 g/mol. The number of hydrogen-bond donors (Lipinski definition) is 3. The van der Waals surface area contributed by atoms with E-state index in [0.717, 1.165) is 11.3 Å². The lowest BCUT2D eigenvalue weighted by Gasteiger charge is -2.11. The molecule has 4 aromatic rings. The zero-order chi connectivity index (χ0) is 19.7. The first-order valence-electron chi connectivity index (χ1n) is 8.36. The minimum Gasteiger partial charge on any atom is -0.494 e. The predicted molar refractivity (Wildman–Crippen MR) is 103 cm³/mol. The van der Waals surface area contributed by atoms with Gasteiger partial charge in [-0.2, -0.15) is 4.98 Å². The number of benzene rings is 2. The zero-order valence-corrected chi connectivity index (χ0v) is 15.0. The van der Waals surface area contributed by atoms with Gasteiger partial charge >= 0.3 is 5.76 Å². The van der Waals surface area contributed by atoms with Crippen molar-refractivity contribution < 1.29 is 13.5 Å². The molecule has 0 amide bonds.